The third-order valence-electron chi connectivity index (χ3n) is 4.29. The summed E-state index contributed by atoms with van der Waals surface area (Å²) in [5.74, 6) is 1.42. The summed E-state index contributed by atoms with van der Waals surface area (Å²) in [5.41, 5.74) is 3.91. The Morgan fingerprint density at radius 3 is 2.56 bits per heavy atom. The van der Waals surface area contributed by atoms with Crippen molar-refractivity contribution in [1.29, 1.82) is 0 Å². The highest BCUT2D eigenvalue weighted by Gasteiger charge is 2.24. The number of hydrogen-bond donors (Lipinski definition) is 0. The third kappa shape index (κ3) is 3.24. The van der Waals surface area contributed by atoms with Crippen LogP contribution in [-0.4, -0.2) is 15.8 Å². The zero-order valence-electron chi connectivity index (χ0n) is 14.0. The summed E-state index contributed by atoms with van der Waals surface area (Å²) in [6.45, 7) is 3.20. The molecule has 0 spiro atoms. The maximum atomic E-state index is 12.9. The van der Waals surface area contributed by atoms with Crippen molar-refractivity contribution in [3.8, 4) is 11.5 Å². The zero-order chi connectivity index (χ0) is 17.2. The maximum Gasteiger partial charge on any atom is 0.254 e. The summed E-state index contributed by atoms with van der Waals surface area (Å²) in [6.07, 6.45) is 1.87. The van der Waals surface area contributed by atoms with Crippen molar-refractivity contribution < 1.29 is 9.53 Å². The second-order valence-corrected chi connectivity index (χ2v) is 6.20. The molecular formula is C21H18N2O2. The molecule has 1 aromatic heterocycles. The van der Waals surface area contributed by atoms with Gasteiger partial charge >= 0.3 is 0 Å². The molecule has 4 nitrogen and oxygen atoms in total. The van der Waals surface area contributed by atoms with Crippen molar-refractivity contribution in [3.63, 3.8) is 0 Å². The zero-order valence-corrected chi connectivity index (χ0v) is 14.0. The minimum atomic E-state index is 0.00682. The van der Waals surface area contributed by atoms with Crippen LogP contribution in [0.15, 0.2) is 66.9 Å². The molecule has 0 saturated carbocycles. The van der Waals surface area contributed by atoms with Crippen LogP contribution in [0.1, 0.15) is 27.2 Å². The van der Waals surface area contributed by atoms with E-state index in [1.54, 1.807) is 6.07 Å². The van der Waals surface area contributed by atoms with Gasteiger partial charge in [0.05, 0.1) is 0 Å². The van der Waals surface area contributed by atoms with Crippen LogP contribution in [0.5, 0.6) is 11.5 Å². The van der Waals surface area contributed by atoms with Gasteiger partial charge in [0.25, 0.3) is 5.91 Å². The molecule has 124 valence electrons. The lowest BCUT2D eigenvalue weighted by atomic mass is 10.2. The van der Waals surface area contributed by atoms with Crippen molar-refractivity contribution in [2.45, 2.75) is 20.0 Å². The third-order valence-corrected chi connectivity index (χ3v) is 4.29. The van der Waals surface area contributed by atoms with E-state index in [0.717, 1.165) is 17.0 Å². The summed E-state index contributed by atoms with van der Waals surface area (Å²) < 4.78 is 5.83. The van der Waals surface area contributed by atoms with Gasteiger partial charge in [-0.2, -0.15) is 0 Å². The van der Waals surface area contributed by atoms with E-state index in [1.807, 2.05) is 66.6 Å². The summed E-state index contributed by atoms with van der Waals surface area (Å²) >= 11 is 0. The predicted molar refractivity (Wildman–Crippen MR) is 95.5 cm³/mol. The van der Waals surface area contributed by atoms with Gasteiger partial charge in [-0.15, -0.1) is 0 Å². The second-order valence-electron chi connectivity index (χ2n) is 6.20. The largest absolute Gasteiger partial charge is 0.457 e. The summed E-state index contributed by atoms with van der Waals surface area (Å²) in [7, 11) is 0. The Kier molecular flexibility index (Phi) is 3.94. The van der Waals surface area contributed by atoms with E-state index in [-0.39, 0.29) is 5.91 Å². The number of benzene rings is 2. The van der Waals surface area contributed by atoms with Gasteiger partial charge in [0.2, 0.25) is 0 Å². The average Bonchev–Trinajstić information content (AvgIpc) is 3.05. The van der Waals surface area contributed by atoms with Crippen LogP contribution < -0.4 is 4.74 Å². The Labute approximate surface area is 146 Å². The topological polar surface area (TPSA) is 42.4 Å². The monoisotopic (exact) mass is 330 g/mol. The van der Waals surface area contributed by atoms with Crippen LogP contribution in [0.25, 0.3) is 0 Å². The molecule has 0 aliphatic carbocycles. The number of carbonyl (C=O) groups excluding carboxylic acids is 1. The summed E-state index contributed by atoms with van der Waals surface area (Å²) in [4.78, 5) is 19.0. The molecule has 1 amide bonds. The Morgan fingerprint density at radius 1 is 0.960 bits per heavy atom. The number of carbonyl (C=O) groups is 1. The smallest absolute Gasteiger partial charge is 0.254 e. The number of rotatable bonds is 3. The van der Waals surface area contributed by atoms with Gasteiger partial charge in [0.1, 0.15) is 11.5 Å². The Bertz CT molecular complexity index is 922. The molecular weight excluding hydrogens is 312 g/mol. The number of aryl methyl sites for hydroxylation is 1. The number of amides is 1. The lowest BCUT2D eigenvalue weighted by Crippen LogP contribution is -2.25. The Balaban J connectivity index is 1.52. The normalized spacial score (nSPS) is 12.8. The molecule has 3 aromatic rings. The van der Waals surface area contributed by atoms with Gasteiger partial charge in [0, 0.05) is 30.5 Å². The van der Waals surface area contributed by atoms with Crippen LogP contribution in [-0.2, 0) is 13.1 Å². The van der Waals surface area contributed by atoms with Crippen LogP contribution in [0.3, 0.4) is 0 Å². The van der Waals surface area contributed by atoms with Crippen LogP contribution >= 0.6 is 0 Å². The first-order chi connectivity index (χ1) is 12.2. The van der Waals surface area contributed by atoms with E-state index in [9.17, 15) is 4.79 Å². The Morgan fingerprint density at radius 2 is 1.72 bits per heavy atom. The molecule has 1 aliphatic heterocycles. The van der Waals surface area contributed by atoms with E-state index in [1.165, 1.54) is 5.56 Å². The minimum absolute atomic E-state index is 0.00682. The van der Waals surface area contributed by atoms with Gasteiger partial charge in [-0.05, 0) is 54.4 Å². The first-order valence-corrected chi connectivity index (χ1v) is 8.26. The van der Waals surface area contributed by atoms with E-state index >= 15 is 0 Å². The molecule has 0 fully saturated rings. The van der Waals surface area contributed by atoms with Gasteiger partial charge in [-0.3, -0.25) is 9.78 Å². The van der Waals surface area contributed by atoms with Gasteiger partial charge in [-0.1, -0.05) is 24.3 Å². The molecule has 0 bridgehead atoms. The molecule has 2 heterocycles. The number of hydrogen-bond acceptors (Lipinski definition) is 3. The molecule has 0 N–H and O–H groups in total. The number of pyridine rings is 1. The lowest BCUT2D eigenvalue weighted by molar-refractivity contribution is 0.0751. The first kappa shape index (κ1) is 15.4. The molecule has 0 radical (unpaired) electrons. The van der Waals surface area contributed by atoms with Crippen molar-refractivity contribution in [1.82, 2.24) is 9.88 Å². The quantitative estimate of drug-likeness (QED) is 0.717. The van der Waals surface area contributed by atoms with Crippen molar-refractivity contribution in [2.75, 3.05) is 0 Å². The minimum Gasteiger partial charge on any atom is -0.457 e. The molecule has 4 rings (SSSR count). The van der Waals surface area contributed by atoms with Crippen LogP contribution in [0, 0.1) is 6.92 Å². The molecule has 0 unspecified atom stereocenters. The Hall–Kier alpha value is -3.14. The SMILES string of the molecule is Cc1cc2c(cn1)CN(C(=O)c1cccc(Oc3ccccc3)c1)C2. The van der Waals surface area contributed by atoms with E-state index < -0.39 is 0 Å². The highest BCUT2D eigenvalue weighted by atomic mass is 16.5. The molecule has 4 heteroatoms. The van der Waals surface area contributed by atoms with Gasteiger partial charge < -0.3 is 9.64 Å². The standard InChI is InChI=1S/C21H18N2O2/c1-15-10-17-13-23(14-18(17)12-22-15)21(24)16-6-5-9-20(11-16)25-19-7-3-2-4-8-19/h2-12H,13-14H2,1H3. The van der Waals surface area contributed by atoms with Gasteiger partial charge in [0.15, 0.2) is 0 Å². The number of para-hydroxylation sites is 1. The van der Waals surface area contributed by atoms with Gasteiger partial charge in [-0.25, -0.2) is 0 Å². The maximum absolute atomic E-state index is 12.9. The molecule has 2 aromatic carbocycles. The number of aromatic nitrogens is 1. The lowest BCUT2D eigenvalue weighted by Gasteiger charge is -2.16. The van der Waals surface area contributed by atoms with Crippen LogP contribution in [0.4, 0.5) is 0 Å². The van der Waals surface area contributed by atoms with E-state index in [0.29, 0.717) is 24.4 Å². The van der Waals surface area contributed by atoms with E-state index in [4.69, 9.17) is 4.74 Å². The van der Waals surface area contributed by atoms with Crippen molar-refractivity contribution >= 4 is 5.91 Å². The molecule has 25 heavy (non-hydrogen) atoms. The molecule has 1 aliphatic rings. The number of ether oxygens (including phenoxy) is 1. The molecule has 0 atom stereocenters. The van der Waals surface area contributed by atoms with Crippen LogP contribution in [0.2, 0.25) is 0 Å². The summed E-state index contributed by atoms with van der Waals surface area (Å²) in [6, 6.07) is 18.9. The van der Waals surface area contributed by atoms with Crippen molar-refractivity contribution in [2.24, 2.45) is 0 Å². The van der Waals surface area contributed by atoms with E-state index in [2.05, 4.69) is 11.1 Å². The highest BCUT2D eigenvalue weighted by molar-refractivity contribution is 5.95. The fourth-order valence-electron chi connectivity index (χ4n) is 3.04. The summed E-state index contributed by atoms with van der Waals surface area (Å²) in [5, 5.41) is 0. The number of nitrogens with zero attached hydrogens (tertiary/aromatic N) is 2. The second kappa shape index (κ2) is 6.40. The predicted octanol–water partition coefficient (Wildman–Crippen LogP) is 4.34. The highest BCUT2D eigenvalue weighted by Crippen LogP contribution is 2.26. The fourth-order valence-corrected chi connectivity index (χ4v) is 3.04. The number of fused-ring (bicyclic) bond motifs is 1. The van der Waals surface area contributed by atoms with Crippen molar-refractivity contribution in [3.05, 3.63) is 89.2 Å². The first-order valence-electron chi connectivity index (χ1n) is 8.26. The molecule has 0 saturated heterocycles. The fraction of sp³-hybridized carbons (Fsp3) is 0.143. The average molecular weight is 330 g/mol.